The van der Waals surface area contributed by atoms with Crippen molar-refractivity contribution < 1.29 is 13.9 Å². The maximum Gasteiger partial charge on any atom is 0.338 e. The third kappa shape index (κ3) is 2.30. The molecule has 2 aromatic rings. The first-order chi connectivity index (χ1) is 8.84. The van der Waals surface area contributed by atoms with E-state index >= 15 is 0 Å². The second-order valence-electron chi connectivity index (χ2n) is 4.58. The summed E-state index contributed by atoms with van der Waals surface area (Å²) >= 11 is 0. The molecule has 0 radical (unpaired) electrons. The van der Waals surface area contributed by atoms with Crippen LogP contribution in [-0.2, 0) is 4.74 Å². The summed E-state index contributed by atoms with van der Waals surface area (Å²) in [6, 6.07) is 12.9. The van der Waals surface area contributed by atoms with E-state index in [1.54, 1.807) is 18.4 Å². The predicted octanol–water partition coefficient (Wildman–Crippen LogP) is 3.24. The second-order valence-corrected chi connectivity index (χ2v) is 4.58. The lowest BCUT2D eigenvalue weighted by atomic mass is 10.2. The number of ether oxygens (including phenoxy) is 1. The third-order valence-corrected chi connectivity index (χ3v) is 3.27. The Balaban J connectivity index is 1.50. The van der Waals surface area contributed by atoms with Gasteiger partial charge in [-0.1, -0.05) is 18.2 Å². The maximum absolute atomic E-state index is 11.7. The highest BCUT2D eigenvalue weighted by Crippen LogP contribution is 2.47. The zero-order chi connectivity index (χ0) is 12.4. The van der Waals surface area contributed by atoms with Gasteiger partial charge >= 0.3 is 5.97 Å². The van der Waals surface area contributed by atoms with Crippen molar-refractivity contribution in [3.05, 3.63) is 60.1 Å². The van der Waals surface area contributed by atoms with E-state index in [2.05, 4.69) is 0 Å². The Kier molecular flexibility index (Phi) is 2.89. The highest BCUT2D eigenvalue weighted by Gasteiger charge is 2.41. The van der Waals surface area contributed by atoms with Crippen molar-refractivity contribution in [2.24, 2.45) is 5.92 Å². The van der Waals surface area contributed by atoms with Gasteiger partial charge in [-0.2, -0.15) is 0 Å². The van der Waals surface area contributed by atoms with Crippen LogP contribution in [0.3, 0.4) is 0 Å². The summed E-state index contributed by atoms with van der Waals surface area (Å²) in [7, 11) is 0. The number of hydrogen-bond donors (Lipinski definition) is 0. The van der Waals surface area contributed by atoms with E-state index < -0.39 is 0 Å². The Morgan fingerprint density at radius 1 is 1.22 bits per heavy atom. The molecule has 18 heavy (non-hydrogen) atoms. The molecule has 0 unspecified atom stereocenters. The Hall–Kier alpha value is -2.03. The highest BCUT2D eigenvalue weighted by atomic mass is 16.5. The second kappa shape index (κ2) is 4.69. The molecule has 0 N–H and O–H groups in total. The zero-order valence-electron chi connectivity index (χ0n) is 9.91. The lowest BCUT2D eigenvalue weighted by Crippen LogP contribution is -2.07. The summed E-state index contributed by atoms with van der Waals surface area (Å²) in [5.74, 6) is 1.57. The van der Waals surface area contributed by atoms with Crippen molar-refractivity contribution in [2.45, 2.75) is 12.3 Å². The van der Waals surface area contributed by atoms with E-state index in [1.165, 1.54) is 0 Å². The SMILES string of the molecule is O=C(OC[C@H]1C[C@@H]1c1ccco1)c1ccccc1. The molecule has 92 valence electrons. The van der Waals surface area contributed by atoms with E-state index in [0.29, 0.717) is 24.0 Å². The van der Waals surface area contributed by atoms with Gasteiger partial charge in [0.1, 0.15) is 5.76 Å². The Morgan fingerprint density at radius 2 is 2.06 bits per heavy atom. The van der Waals surface area contributed by atoms with Crippen molar-refractivity contribution >= 4 is 5.97 Å². The van der Waals surface area contributed by atoms with Gasteiger partial charge in [-0.05, 0) is 30.7 Å². The van der Waals surface area contributed by atoms with Gasteiger partial charge in [0, 0.05) is 11.8 Å². The largest absolute Gasteiger partial charge is 0.469 e. The van der Waals surface area contributed by atoms with Crippen LogP contribution in [0.25, 0.3) is 0 Å². The van der Waals surface area contributed by atoms with Crippen LogP contribution < -0.4 is 0 Å². The summed E-state index contributed by atoms with van der Waals surface area (Å²) in [6.45, 7) is 0.471. The first-order valence-electron chi connectivity index (χ1n) is 6.10. The van der Waals surface area contributed by atoms with E-state index in [4.69, 9.17) is 9.15 Å². The van der Waals surface area contributed by atoms with Gasteiger partial charge in [-0.3, -0.25) is 0 Å². The van der Waals surface area contributed by atoms with E-state index in [-0.39, 0.29) is 5.97 Å². The van der Waals surface area contributed by atoms with Crippen molar-refractivity contribution in [1.29, 1.82) is 0 Å². The molecule has 0 amide bonds. The number of furan rings is 1. The molecule has 1 heterocycles. The van der Waals surface area contributed by atoms with Gasteiger partial charge in [0.05, 0.1) is 18.4 Å². The number of hydrogen-bond acceptors (Lipinski definition) is 3. The first-order valence-corrected chi connectivity index (χ1v) is 6.10. The molecule has 1 fully saturated rings. The molecule has 1 saturated carbocycles. The van der Waals surface area contributed by atoms with Crippen LogP contribution in [0.2, 0.25) is 0 Å². The molecule has 2 atom stereocenters. The topological polar surface area (TPSA) is 39.4 Å². The van der Waals surface area contributed by atoms with Gasteiger partial charge in [0.2, 0.25) is 0 Å². The molecular weight excluding hydrogens is 228 g/mol. The van der Waals surface area contributed by atoms with Crippen molar-refractivity contribution in [2.75, 3.05) is 6.61 Å². The van der Waals surface area contributed by atoms with Crippen LogP contribution in [-0.4, -0.2) is 12.6 Å². The fourth-order valence-corrected chi connectivity index (χ4v) is 2.12. The molecule has 3 heteroatoms. The van der Waals surface area contributed by atoms with Crippen molar-refractivity contribution in [3.63, 3.8) is 0 Å². The van der Waals surface area contributed by atoms with E-state index in [0.717, 1.165) is 12.2 Å². The molecule has 1 aliphatic carbocycles. The smallest absolute Gasteiger partial charge is 0.338 e. The van der Waals surface area contributed by atoms with Crippen LogP contribution in [0.15, 0.2) is 53.1 Å². The fourth-order valence-electron chi connectivity index (χ4n) is 2.12. The summed E-state index contributed by atoms with van der Waals surface area (Å²) < 4.78 is 10.6. The lowest BCUT2D eigenvalue weighted by molar-refractivity contribution is 0.0483. The molecule has 0 aliphatic heterocycles. The Bertz CT molecular complexity index is 516. The number of benzene rings is 1. The van der Waals surface area contributed by atoms with Crippen LogP contribution in [0.4, 0.5) is 0 Å². The Morgan fingerprint density at radius 3 is 2.78 bits per heavy atom. The lowest BCUT2D eigenvalue weighted by Gasteiger charge is -2.03. The minimum absolute atomic E-state index is 0.249. The van der Waals surface area contributed by atoms with Gasteiger partial charge < -0.3 is 9.15 Å². The van der Waals surface area contributed by atoms with Gasteiger partial charge in [0.25, 0.3) is 0 Å². The number of rotatable bonds is 4. The van der Waals surface area contributed by atoms with E-state index in [1.807, 2.05) is 30.3 Å². The quantitative estimate of drug-likeness (QED) is 0.773. The number of carbonyl (C=O) groups excluding carboxylic acids is 1. The van der Waals surface area contributed by atoms with Crippen LogP contribution in [0.1, 0.15) is 28.5 Å². The summed E-state index contributed by atoms with van der Waals surface area (Å²) in [4.78, 5) is 11.7. The molecule has 3 rings (SSSR count). The van der Waals surface area contributed by atoms with Crippen molar-refractivity contribution in [3.8, 4) is 0 Å². The van der Waals surface area contributed by atoms with Gasteiger partial charge in [-0.25, -0.2) is 4.79 Å². The van der Waals surface area contributed by atoms with E-state index in [9.17, 15) is 4.79 Å². The summed E-state index contributed by atoms with van der Waals surface area (Å²) in [5.41, 5.74) is 0.604. The minimum atomic E-state index is -0.249. The normalized spacial score (nSPS) is 21.6. The average molecular weight is 242 g/mol. The average Bonchev–Trinajstić information content (AvgIpc) is 2.99. The molecule has 1 aliphatic rings. The van der Waals surface area contributed by atoms with Gasteiger partial charge in [-0.15, -0.1) is 0 Å². The fraction of sp³-hybridized carbons (Fsp3) is 0.267. The number of esters is 1. The molecule has 3 nitrogen and oxygen atoms in total. The minimum Gasteiger partial charge on any atom is -0.469 e. The molecule has 0 bridgehead atoms. The number of carbonyl (C=O) groups is 1. The summed E-state index contributed by atoms with van der Waals surface area (Å²) in [6.07, 6.45) is 2.72. The van der Waals surface area contributed by atoms with Crippen molar-refractivity contribution in [1.82, 2.24) is 0 Å². The first kappa shape index (κ1) is 11.1. The molecule has 1 aromatic heterocycles. The van der Waals surface area contributed by atoms with Gasteiger partial charge in [0.15, 0.2) is 0 Å². The predicted molar refractivity (Wildman–Crippen MR) is 66.3 cm³/mol. The summed E-state index contributed by atoms with van der Waals surface area (Å²) in [5, 5.41) is 0. The Labute approximate surface area is 105 Å². The molecule has 0 spiro atoms. The standard InChI is InChI=1S/C15H14O3/c16-15(11-5-2-1-3-6-11)18-10-12-9-13(12)14-7-4-8-17-14/h1-8,12-13H,9-10H2/t12-,13+/m1/s1. The zero-order valence-corrected chi connectivity index (χ0v) is 9.91. The molecular formula is C15H14O3. The van der Waals surface area contributed by atoms with Crippen LogP contribution in [0.5, 0.6) is 0 Å². The molecule has 1 aromatic carbocycles. The maximum atomic E-state index is 11.7. The van der Waals surface area contributed by atoms with Crippen LogP contribution in [0, 0.1) is 5.92 Å². The molecule has 0 saturated heterocycles. The third-order valence-electron chi connectivity index (χ3n) is 3.27. The monoisotopic (exact) mass is 242 g/mol. The highest BCUT2D eigenvalue weighted by molar-refractivity contribution is 5.89. The van der Waals surface area contributed by atoms with Crippen LogP contribution >= 0.6 is 0 Å².